The highest BCUT2D eigenvalue weighted by atomic mass is 16.6. The van der Waals surface area contributed by atoms with Gasteiger partial charge in [-0.2, -0.15) is 0 Å². The second-order valence-electron chi connectivity index (χ2n) is 8.59. The zero-order chi connectivity index (χ0) is 24.9. The fourth-order valence-corrected chi connectivity index (χ4v) is 4.34. The number of nitrogens with zero attached hydrogens (tertiary/aromatic N) is 3. The summed E-state index contributed by atoms with van der Waals surface area (Å²) in [6.45, 7) is 10.7. The molecule has 4 aromatic rings. The highest BCUT2D eigenvalue weighted by Gasteiger charge is 2.24. The number of allylic oxidation sites excluding steroid dienone is 1. The minimum atomic E-state index is -0.852. The molecule has 0 aliphatic carbocycles. The van der Waals surface area contributed by atoms with Crippen molar-refractivity contribution in [3.05, 3.63) is 101 Å². The van der Waals surface area contributed by atoms with E-state index in [0.29, 0.717) is 18.7 Å². The molecule has 0 radical (unpaired) electrons. The number of pyridine rings is 1. The minimum absolute atomic E-state index is 0.445. The van der Waals surface area contributed by atoms with E-state index in [2.05, 4.69) is 37.1 Å². The summed E-state index contributed by atoms with van der Waals surface area (Å²) in [4.78, 5) is 22.2. The number of fused-ring (bicyclic) bond motifs is 1. The van der Waals surface area contributed by atoms with Gasteiger partial charge < -0.3 is 14.0 Å². The zero-order valence-corrected chi connectivity index (χ0v) is 20.7. The molecule has 2 aromatic carbocycles. The van der Waals surface area contributed by atoms with Gasteiger partial charge in [0, 0.05) is 17.7 Å². The fraction of sp³-hybridized carbons (Fsp3) is 0.276. The molecule has 0 aliphatic rings. The number of aromatic nitrogens is 3. The van der Waals surface area contributed by atoms with Crippen LogP contribution in [-0.2, 0) is 28.9 Å². The van der Waals surface area contributed by atoms with Gasteiger partial charge in [-0.3, -0.25) is 0 Å². The largest absolute Gasteiger partial charge is 0.474 e. The molecule has 0 saturated heterocycles. The number of ether oxygens (including phenoxy) is 2. The molecule has 35 heavy (non-hydrogen) atoms. The predicted octanol–water partition coefficient (Wildman–Crippen LogP) is 5.68. The summed E-state index contributed by atoms with van der Waals surface area (Å²) in [5, 5.41) is 0. The van der Waals surface area contributed by atoms with E-state index in [0.717, 1.165) is 51.4 Å². The van der Waals surface area contributed by atoms with Crippen LogP contribution in [0.5, 0.6) is 5.75 Å². The van der Waals surface area contributed by atoms with Crippen molar-refractivity contribution >= 4 is 17.1 Å². The lowest BCUT2D eigenvalue weighted by molar-refractivity contribution is -0.149. The SMILES string of the molecule is C=CCc1cc(Cn2c(CC)nc3c(C)cc(C)nc32)ccc1OC(C(=O)OC)c1ccccc1. The Bertz CT molecular complexity index is 1360. The smallest absolute Gasteiger partial charge is 0.351 e. The third-order valence-corrected chi connectivity index (χ3v) is 6.01. The first-order valence-corrected chi connectivity index (χ1v) is 11.8. The molecular formula is C29H31N3O3. The summed E-state index contributed by atoms with van der Waals surface area (Å²) in [6, 6.07) is 17.5. The molecule has 180 valence electrons. The van der Waals surface area contributed by atoms with Crippen molar-refractivity contribution in [3.8, 4) is 5.75 Å². The maximum atomic E-state index is 12.5. The number of imidazole rings is 1. The minimum Gasteiger partial charge on any atom is -0.474 e. The van der Waals surface area contributed by atoms with Crippen molar-refractivity contribution in [1.29, 1.82) is 0 Å². The fourth-order valence-electron chi connectivity index (χ4n) is 4.34. The number of hydrogen-bond acceptors (Lipinski definition) is 5. The van der Waals surface area contributed by atoms with Gasteiger partial charge in [0.2, 0.25) is 6.10 Å². The lowest BCUT2D eigenvalue weighted by atomic mass is 10.1. The number of benzene rings is 2. The lowest BCUT2D eigenvalue weighted by Gasteiger charge is -2.20. The highest BCUT2D eigenvalue weighted by molar-refractivity contribution is 5.77. The molecule has 2 aromatic heterocycles. The van der Waals surface area contributed by atoms with Crippen LogP contribution < -0.4 is 4.74 Å². The summed E-state index contributed by atoms with van der Waals surface area (Å²) in [5.41, 5.74) is 6.74. The topological polar surface area (TPSA) is 66.2 Å². The van der Waals surface area contributed by atoms with Crippen molar-refractivity contribution in [1.82, 2.24) is 14.5 Å². The lowest BCUT2D eigenvalue weighted by Crippen LogP contribution is -2.20. The van der Waals surface area contributed by atoms with E-state index in [-0.39, 0.29) is 0 Å². The first kappa shape index (κ1) is 24.2. The van der Waals surface area contributed by atoms with Crippen molar-refractivity contribution in [3.63, 3.8) is 0 Å². The normalized spacial score (nSPS) is 11.9. The molecule has 1 unspecified atom stereocenters. The maximum Gasteiger partial charge on any atom is 0.351 e. The predicted molar refractivity (Wildman–Crippen MR) is 138 cm³/mol. The van der Waals surface area contributed by atoms with E-state index in [1.54, 1.807) is 0 Å². The molecule has 0 amide bonds. The van der Waals surface area contributed by atoms with Crippen LogP contribution in [0.2, 0.25) is 0 Å². The molecule has 2 heterocycles. The van der Waals surface area contributed by atoms with Crippen molar-refractivity contribution in [2.75, 3.05) is 7.11 Å². The Kier molecular flexibility index (Phi) is 7.30. The second-order valence-corrected chi connectivity index (χ2v) is 8.59. The van der Waals surface area contributed by atoms with Crippen molar-refractivity contribution < 1.29 is 14.3 Å². The van der Waals surface area contributed by atoms with Crippen LogP contribution in [-0.4, -0.2) is 27.6 Å². The second kappa shape index (κ2) is 10.6. The van der Waals surface area contributed by atoms with E-state index < -0.39 is 12.1 Å². The summed E-state index contributed by atoms with van der Waals surface area (Å²) >= 11 is 0. The molecular weight excluding hydrogens is 438 g/mol. The van der Waals surface area contributed by atoms with E-state index >= 15 is 0 Å². The Hall–Kier alpha value is -3.93. The van der Waals surface area contributed by atoms with Crippen LogP contribution in [0.25, 0.3) is 11.2 Å². The number of carbonyl (C=O) groups excluding carboxylic acids is 1. The van der Waals surface area contributed by atoms with Crippen LogP contribution in [0.15, 0.2) is 67.3 Å². The van der Waals surface area contributed by atoms with Crippen molar-refractivity contribution in [2.24, 2.45) is 0 Å². The third-order valence-electron chi connectivity index (χ3n) is 6.01. The van der Waals surface area contributed by atoms with E-state index in [4.69, 9.17) is 19.4 Å². The summed E-state index contributed by atoms with van der Waals surface area (Å²) < 4.78 is 13.4. The van der Waals surface area contributed by atoms with Gasteiger partial charge in [-0.15, -0.1) is 6.58 Å². The van der Waals surface area contributed by atoms with E-state index in [1.165, 1.54) is 7.11 Å². The van der Waals surface area contributed by atoms with Gasteiger partial charge in [0.1, 0.15) is 17.1 Å². The molecule has 1 atom stereocenters. The number of esters is 1. The van der Waals surface area contributed by atoms with Gasteiger partial charge in [0.15, 0.2) is 5.65 Å². The van der Waals surface area contributed by atoms with Crippen LogP contribution in [0.3, 0.4) is 0 Å². The van der Waals surface area contributed by atoms with Gasteiger partial charge in [-0.05, 0) is 49.1 Å². The molecule has 4 rings (SSSR count). The van der Waals surface area contributed by atoms with Gasteiger partial charge in [-0.25, -0.2) is 14.8 Å². The first-order chi connectivity index (χ1) is 16.9. The van der Waals surface area contributed by atoms with Crippen molar-refractivity contribution in [2.45, 2.75) is 46.3 Å². The number of carbonyl (C=O) groups is 1. The third kappa shape index (κ3) is 5.11. The quantitative estimate of drug-likeness (QED) is 0.233. The molecule has 0 bridgehead atoms. The van der Waals surface area contributed by atoms with E-state index in [9.17, 15) is 4.79 Å². The number of rotatable bonds is 9. The van der Waals surface area contributed by atoms with Crippen LogP contribution in [0, 0.1) is 13.8 Å². The summed E-state index contributed by atoms with van der Waals surface area (Å²) in [5.74, 6) is 1.18. The zero-order valence-electron chi connectivity index (χ0n) is 20.7. The van der Waals surface area contributed by atoms with Crippen LogP contribution in [0.1, 0.15) is 46.8 Å². The molecule has 0 fully saturated rings. The standard InChI is InChI=1S/C29H31N3O3/c1-6-11-23-17-21(18-32-25(7-2)31-26-19(3)16-20(4)30-28(26)32)14-15-24(23)35-27(29(33)34-5)22-12-9-8-10-13-22/h6,8-10,12-17,27H,1,7,11,18H2,2-5H3. The van der Waals surface area contributed by atoms with Gasteiger partial charge in [0.05, 0.1) is 13.7 Å². The Balaban J connectivity index is 1.70. The van der Waals surface area contributed by atoms with E-state index in [1.807, 2.05) is 55.5 Å². The Morgan fingerprint density at radius 2 is 1.89 bits per heavy atom. The average Bonchev–Trinajstić information content (AvgIpc) is 3.21. The summed E-state index contributed by atoms with van der Waals surface area (Å²) in [7, 11) is 1.37. The Labute approximate surface area is 206 Å². The van der Waals surface area contributed by atoms with Crippen LogP contribution in [0.4, 0.5) is 0 Å². The molecule has 6 heteroatoms. The van der Waals surface area contributed by atoms with Crippen LogP contribution >= 0.6 is 0 Å². The van der Waals surface area contributed by atoms with Gasteiger partial charge in [-0.1, -0.05) is 55.5 Å². The average molecular weight is 470 g/mol. The number of hydrogen-bond donors (Lipinski definition) is 0. The monoisotopic (exact) mass is 469 g/mol. The summed E-state index contributed by atoms with van der Waals surface area (Å²) in [6.07, 6.45) is 2.40. The molecule has 0 spiro atoms. The first-order valence-electron chi connectivity index (χ1n) is 11.8. The highest BCUT2D eigenvalue weighted by Crippen LogP contribution is 2.29. The molecule has 0 saturated carbocycles. The number of methoxy groups -OCH3 is 1. The van der Waals surface area contributed by atoms with Gasteiger partial charge >= 0.3 is 5.97 Å². The Morgan fingerprint density at radius 1 is 1.11 bits per heavy atom. The number of aryl methyl sites for hydroxylation is 3. The Morgan fingerprint density at radius 3 is 2.57 bits per heavy atom. The maximum absolute atomic E-state index is 12.5. The molecule has 6 nitrogen and oxygen atoms in total. The molecule has 0 N–H and O–H groups in total. The van der Waals surface area contributed by atoms with Gasteiger partial charge in [0.25, 0.3) is 0 Å². The molecule has 0 aliphatic heterocycles.